The Kier molecular flexibility index (Phi) is 5.88. The van der Waals surface area contributed by atoms with Gasteiger partial charge in [0.25, 0.3) is 0 Å². The van der Waals surface area contributed by atoms with Crippen LogP contribution in [0.2, 0.25) is 0 Å². The van der Waals surface area contributed by atoms with E-state index in [1.165, 1.54) is 11.9 Å². The van der Waals surface area contributed by atoms with Crippen molar-refractivity contribution in [2.75, 3.05) is 18.1 Å². The third kappa shape index (κ3) is 4.93. The third-order valence-electron chi connectivity index (χ3n) is 4.83. The van der Waals surface area contributed by atoms with Crippen LogP contribution in [-0.4, -0.2) is 50.1 Å². The van der Waals surface area contributed by atoms with Crippen LogP contribution in [0.4, 0.5) is 16.4 Å². The standard InChI is InChI=1S/C22H28N6O3/c1-13(28(6)21(30)31-22(2,3)4)20(29)26-18-10-15(9-17(23)25-18)16-12-24-11-14-7-8-27(5)19(14)16/h7-13H,1-6H3,(H3,23,25,26,29). The van der Waals surface area contributed by atoms with E-state index in [4.69, 9.17) is 10.5 Å². The molecule has 0 bridgehead atoms. The van der Waals surface area contributed by atoms with Gasteiger partial charge in [-0.3, -0.25) is 14.7 Å². The van der Waals surface area contributed by atoms with Crippen LogP contribution in [0.3, 0.4) is 0 Å². The summed E-state index contributed by atoms with van der Waals surface area (Å²) in [4.78, 5) is 34.8. The number of ether oxygens (including phenoxy) is 1. The Bertz CT molecular complexity index is 1130. The van der Waals surface area contributed by atoms with Crippen LogP contribution in [0.15, 0.2) is 36.8 Å². The van der Waals surface area contributed by atoms with Gasteiger partial charge in [0, 0.05) is 43.6 Å². The van der Waals surface area contributed by atoms with Crippen molar-refractivity contribution in [1.29, 1.82) is 0 Å². The molecule has 1 atom stereocenters. The first-order valence-corrected chi connectivity index (χ1v) is 9.90. The van der Waals surface area contributed by atoms with Crippen molar-refractivity contribution >= 4 is 34.5 Å². The van der Waals surface area contributed by atoms with E-state index in [2.05, 4.69) is 15.3 Å². The molecule has 0 fully saturated rings. The van der Waals surface area contributed by atoms with Crippen LogP contribution in [-0.2, 0) is 16.6 Å². The van der Waals surface area contributed by atoms with Crippen LogP contribution in [0, 0.1) is 0 Å². The highest BCUT2D eigenvalue weighted by atomic mass is 16.6. The number of fused-ring (bicyclic) bond motifs is 1. The number of aromatic nitrogens is 3. The number of nitrogens with two attached hydrogens (primary N) is 1. The van der Waals surface area contributed by atoms with E-state index in [1.54, 1.807) is 52.2 Å². The van der Waals surface area contributed by atoms with E-state index < -0.39 is 23.6 Å². The number of hydrogen-bond acceptors (Lipinski definition) is 6. The summed E-state index contributed by atoms with van der Waals surface area (Å²) in [6, 6.07) is 4.67. The molecule has 0 aromatic carbocycles. The number of aryl methyl sites for hydroxylation is 1. The zero-order chi connectivity index (χ0) is 22.9. The van der Waals surface area contributed by atoms with Gasteiger partial charge in [0.15, 0.2) is 0 Å². The summed E-state index contributed by atoms with van der Waals surface area (Å²) in [6.07, 6.45) is 4.91. The molecule has 9 nitrogen and oxygen atoms in total. The lowest BCUT2D eigenvalue weighted by Gasteiger charge is -2.28. The van der Waals surface area contributed by atoms with Crippen LogP contribution < -0.4 is 11.1 Å². The monoisotopic (exact) mass is 424 g/mol. The summed E-state index contributed by atoms with van der Waals surface area (Å²) in [6.45, 7) is 6.92. The number of carbonyl (C=O) groups is 2. The normalized spacial score (nSPS) is 12.5. The molecule has 0 spiro atoms. The van der Waals surface area contributed by atoms with Crippen molar-refractivity contribution in [3.63, 3.8) is 0 Å². The second-order valence-corrected chi connectivity index (χ2v) is 8.47. The van der Waals surface area contributed by atoms with Crippen LogP contribution in [0.5, 0.6) is 0 Å². The first kappa shape index (κ1) is 22.1. The number of hydrogen-bond donors (Lipinski definition) is 2. The highest BCUT2D eigenvalue weighted by Crippen LogP contribution is 2.30. The number of pyridine rings is 2. The molecule has 31 heavy (non-hydrogen) atoms. The molecule has 3 rings (SSSR count). The van der Waals surface area contributed by atoms with Gasteiger partial charge in [0.1, 0.15) is 23.3 Å². The number of nitrogen functional groups attached to an aromatic ring is 1. The number of amides is 2. The van der Waals surface area contributed by atoms with Gasteiger partial charge in [-0.1, -0.05) is 0 Å². The van der Waals surface area contributed by atoms with Gasteiger partial charge in [0.2, 0.25) is 5.91 Å². The van der Waals surface area contributed by atoms with Crippen molar-refractivity contribution in [3.8, 4) is 11.1 Å². The molecular formula is C22H28N6O3. The second kappa shape index (κ2) is 8.25. The van der Waals surface area contributed by atoms with Gasteiger partial charge in [-0.15, -0.1) is 0 Å². The average molecular weight is 425 g/mol. The van der Waals surface area contributed by atoms with Gasteiger partial charge in [-0.05, 0) is 51.5 Å². The number of carbonyl (C=O) groups excluding carboxylic acids is 2. The molecule has 2 amide bonds. The van der Waals surface area contributed by atoms with E-state index in [0.717, 1.165) is 22.0 Å². The van der Waals surface area contributed by atoms with Gasteiger partial charge >= 0.3 is 6.09 Å². The van der Waals surface area contributed by atoms with Crippen molar-refractivity contribution in [2.45, 2.75) is 39.3 Å². The maximum Gasteiger partial charge on any atom is 0.410 e. The van der Waals surface area contributed by atoms with Crippen molar-refractivity contribution in [3.05, 3.63) is 36.8 Å². The lowest BCUT2D eigenvalue weighted by molar-refractivity contribution is -0.120. The number of rotatable bonds is 4. The zero-order valence-corrected chi connectivity index (χ0v) is 18.6. The molecule has 0 aliphatic heterocycles. The average Bonchev–Trinajstić information content (AvgIpc) is 3.06. The van der Waals surface area contributed by atoms with Gasteiger partial charge < -0.3 is 20.4 Å². The summed E-state index contributed by atoms with van der Waals surface area (Å²) in [5.41, 5.74) is 7.99. The van der Waals surface area contributed by atoms with Crippen LogP contribution in [0.25, 0.3) is 22.0 Å². The molecular weight excluding hydrogens is 396 g/mol. The Morgan fingerprint density at radius 1 is 1.26 bits per heavy atom. The minimum atomic E-state index is -0.778. The minimum Gasteiger partial charge on any atom is -0.444 e. The van der Waals surface area contributed by atoms with E-state index in [1.807, 2.05) is 23.9 Å². The number of nitrogens with one attached hydrogen (secondary N) is 1. The summed E-state index contributed by atoms with van der Waals surface area (Å²) in [5, 5.41) is 3.74. The molecule has 0 saturated carbocycles. The molecule has 3 N–H and O–H groups in total. The van der Waals surface area contributed by atoms with E-state index in [-0.39, 0.29) is 11.6 Å². The predicted molar refractivity (Wildman–Crippen MR) is 120 cm³/mol. The molecule has 3 aromatic rings. The van der Waals surface area contributed by atoms with Crippen molar-refractivity contribution in [1.82, 2.24) is 19.4 Å². The maximum absolute atomic E-state index is 12.8. The maximum atomic E-state index is 12.8. The summed E-state index contributed by atoms with van der Waals surface area (Å²) in [5.74, 6) is 0.135. The Morgan fingerprint density at radius 3 is 2.65 bits per heavy atom. The molecule has 0 aliphatic carbocycles. The summed E-state index contributed by atoms with van der Waals surface area (Å²) >= 11 is 0. The van der Waals surface area contributed by atoms with Gasteiger partial charge in [-0.25, -0.2) is 9.78 Å². The fraction of sp³-hybridized carbons (Fsp3) is 0.364. The SMILES string of the molecule is CC(C(=O)Nc1cc(-c2cncc3ccn(C)c23)cc(N)n1)N(C)C(=O)OC(C)(C)C. The minimum absolute atomic E-state index is 0.257. The number of anilines is 2. The predicted octanol–water partition coefficient (Wildman–Crippen LogP) is 3.41. The van der Waals surface area contributed by atoms with E-state index in [9.17, 15) is 9.59 Å². The topological polar surface area (TPSA) is 115 Å². The Hall–Kier alpha value is -3.62. The molecule has 164 valence electrons. The lowest BCUT2D eigenvalue weighted by atomic mass is 10.1. The highest BCUT2D eigenvalue weighted by molar-refractivity contribution is 5.98. The number of likely N-dealkylation sites (N-methyl/N-ethyl adjacent to an activating group) is 1. The van der Waals surface area contributed by atoms with Crippen LogP contribution >= 0.6 is 0 Å². The molecule has 3 aromatic heterocycles. The summed E-state index contributed by atoms with van der Waals surface area (Å²) < 4.78 is 7.32. The van der Waals surface area contributed by atoms with Crippen molar-refractivity contribution in [2.24, 2.45) is 7.05 Å². The Balaban J connectivity index is 1.84. The first-order chi connectivity index (χ1) is 14.5. The third-order valence-corrected chi connectivity index (χ3v) is 4.83. The fourth-order valence-electron chi connectivity index (χ4n) is 3.13. The van der Waals surface area contributed by atoms with Gasteiger partial charge in [-0.2, -0.15) is 0 Å². The lowest BCUT2D eigenvalue weighted by Crippen LogP contribution is -2.45. The highest BCUT2D eigenvalue weighted by Gasteiger charge is 2.27. The zero-order valence-electron chi connectivity index (χ0n) is 18.6. The van der Waals surface area contributed by atoms with Crippen molar-refractivity contribution < 1.29 is 14.3 Å². The molecule has 0 radical (unpaired) electrons. The molecule has 1 unspecified atom stereocenters. The van der Waals surface area contributed by atoms with E-state index >= 15 is 0 Å². The van der Waals surface area contributed by atoms with E-state index in [0.29, 0.717) is 0 Å². The smallest absolute Gasteiger partial charge is 0.410 e. The molecule has 9 heteroatoms. The quantitative estimate of drug-likeness (QED) is 0.663. The largest absolute Gasteiger partial charge is 0.444 e. The Morgan fingerprint density at radius 2 is 1.97 bits per heavy atom. The first-order valence-electron chi connectivity index (χ1n) is 9.90. The summed E-state index contributed by atoms with van der Waals surface area (Å²) in [7, 11) is 3.46. The second-order valence-electron chi connectivity index (χ2n) is 8.47. The Labute approximate surface area is 181 Å². The number of nitrogens with zero attached hydrogens (tertiary/aromatic N) is 4. The molecule has 0 aliphatic rings. The van der Waals surface area contributed by atoms with Crippen LogP contribution in [0.1, 0.15) is 27.7 Å². The molecule has 0 saturated heterocycles. The van der Waals surface area contributed by atoms with Gasteiger partial charge in [0.05, 0.1) is 5.52 Å². The fourth-order valence-corrected chi connectivity index (χ4v) is 3.13. The molecule has 3 heterocycles.